The highest BCUT2D eigenvalue weighted by Gasteiger charge is 2.00. The molecule has 0 amide bonds. The third kappa shape index (κ3) is 2.33. The van der Waals surface area contributed by atoms with Crippen molar-refractivity contribution in [2.75, 3.05) is 12.6 Å². The number of rotatable bonds is 3. The van der Waals surface area contributed by atoms with Gasteiger partial charge in [-0.15, -0.1) is 0 Å². The van der Waals surface area contributed by atoms with Crippen LogP contribution in [0.2, 0.25) is 0 Å². The van der Waals surface area contributed by atoms with Crippen molar-refractivity contribution < 1.29 is 4.84 Å². The molecule has 70 valence electrons. The Hall–Kier alpha value is -1.28. The second-order valence-corrected chi connectivity index (χ2v) is 2.84. The van der Waals surface area contributed by atoms with Crippen LogP contribution in [0.4, 0.5) is 5.69 Å². The van der Waals surface area contributed by atoms with E-state index in [1.807, 2.05) is 25.1 Å². The van der Waals surface area contributed by atoms with Crippen molar-refractivity contribution in [3.63, 3.8) is 0 Å². The smallest absolute Gasteiger partial charge is 0.0679 e. The van der Waals surface area contributed by atoms with Gasteiger partial charge in [0.2, 0.25) is 0 Å². The Morgan fingerprint density at radius 1 is 1.38 bits per heavy atom. The molecule has 1 aromatic carbocycles. The van der Waals surface area contributed by atoms with Gasteiger partial charge in [-0.1, -0.05) is 24.3 Å². The first-order valence-corrected chi connectivity index (χ1v) is 4.31. The Bertz CT molecular complexity index is 305. The summed E-state index contributed by atoms with van der Waals surface area (Å²) in [6.07, 6.45) is 4.08. The van der Waals surface area contributed by atoms with Crippen LogP contribution in [0.1, 0.15) is 18.1 Å². The van der Waals surface area contributed by atoms with Crippen LogP contribution in [0, 0.1) is 6.92 Å². The number of anilines is 1. The van der Waals surface area contributed by atoms with Gasteiger partial charge in [0.15, 0.2) is 0 Å². The van der Waals surface area contributed by atoms with E-state index in [4.69, 9.17) is 4.84 Å². The third-order valence-corrected chi connectivity index (χ3v) is 1.87. The molecule has 0 saturated heterocycles. The van der Waals surface area contributed by atoms with E-state index >= 15 is 0 Å². The molecule has 13 heavy (non-hydrogen) atoms. The van der Waals surface area contributed by atoms with Crippen molar-refractivity contribution in [3.05, 3.63) is 35.4 Å². The zero-order valence-electron chi connectivity index (χ0n) is 8.29. The van der Waals surface area contributed by atoms with Gasteiger partial charge in [-0.3, -0.25) is 10.3 Å². The van der Waals surface area contributed by atoms with Crippen molar-refractivity contribution in [2.45, 2.75) is 13.8 Å². The zero-order valence-corrected chi connectivity index (χ0v) is 8.29. The van der Waals surface area contributed by atoms with Gasteiger partial charge in [0, 0.05) is 5.56 Å². The summed E-state index contributed by atoms with van der Waals surface area (Å²) in [6.45, 7) is 4.08. The fraction of sp³-hybridized carbons (Fsp3) is 0.273. The fourth-order valence-electron chi connectivity index (χ4n) is 1.27. The molecular formula is C11H15NO. The van der Waals surface area contributed by atoms with Crippen LogP contribution < -0.4 is 5.48 Å². The predicted molar refractivity (Wildman–Crippen MR) is 56.5 cm³/mol. The van der Waals surface area contributed by atoms with Crippen LogP contribution in [0.15, 0.2) is 24.3 Å². The van der Waals surface area contributed by atoms with E-state index in [1.54, 1.807) is 7.11 Å². The lowest BCUT2D eigenvalue weighted by Gasteiger charge is -2.09. The normalized spacial score (nSPS) is 10.7. The molecule has 1 aromatic rings. The molecule has 0 aliphatic rings. The summed E-state index contributed by atoms with van der Waals surface area (Å²) < 4.78 is 0. The Kier molecular flexibility index (Phi) is 3.53. The van der Waals surface area contributed by atoms with Crippen molar-refractivity contribution in [2.24, 2.45) is 0 Å². The monoisotopic (exact) mass is 177 g/mol. The number of nitrogens with one attached hydrogen (secondary N) is 1. The van der Waals surface area contributed by atoms with Gasteiger partial charge in [0.05, 0.1) is 12.8 Å². The Morgan fingerprint density at radius 2 is 2.15 bits per heavy atom. The first-order valence-electron chi connectivity index (χ1n) is 4.31. The SMILES string of the molecule is C/C=C\c1c(C)cccc1NOC. The Morgan fingerprint density at radius 3 is 2.77 bits per heavy atom. The fourth-order valence-corrected chi connectivity index (χ4v) is 1.27. The van der Waals surface area contributed by atoms with Gasteiger partial charge in [0.25, 0.3) is 0 Å². The van der Waals surface area contributed by atoms with Gasteiger partial charge in [-0.05, 0) is 25.5 Å². The first-order chi connectivity index (χ1) is 6.29. The number of aryl methyl sites for hydroxylation is 1. The van der Waals surface area contributed by atoms with Crippen LogP contribution in [0.25, 0.3) is 6.08 Å². The molecule has 0 aliphatic carbocycles. The second-order valence-electron chi connectivity index (χ2n) is 2.84. The maximum absolute atomic E-state index is 4.89. The summed E-state index contributed by atoms with van der Waals surface area (Å²) in [5, 5.41) is 0. The van der Waals surface area contributed by atoms with E-state index in [1.165, 1.54) is 11.1 Å². The third-order valence-electron chi connectivity index (χ3n) is 1.87. The molecule has 0 spiro atoms. The van der Waals surface area contributed by atoms with Crippen LogP contribution in [0.5, 0.6) is 0 Å². The van der Waals surface area contributed by atoms with E-state index in [0.717, 1.165) is 5.69 Å². The average molecular weight is 177 g/mol. The minimum atomic E-state index is 1.00. The summed E-state index contributed by atoms with van der Waals surface area (Å²) in [5.74, 6) is 0. The Balaban J connectivity index is 3.09. The molecule has 0 aliphatic heterocycles. The van der Waals surface area contributed by atoms with Gasteiger partial charge >= 0.3 is 0 Å². The van der Waals surface area contributed by atoms with E-state index in [-0.39, 0.29) is 0 Å². The average Bonchev–Trinajstić information content (AvgIpc) is 2.11. The summed E-state index contributed by atoms with van der Waals surface area (Å²) in [7, 11) is 1.61. The van der Waals surface area contributed by atoms with Crippen LogP contribution in [-0.4, -0.2) is 7.11 Å². The summed E-state index contributed by atoms with van der Waals surface area (Å²) in [5.41, 5.74) is 6.26. The molecule has 1 N–H and O–H groups in total. The van der Waals surface area contributed by atoms with Gasteiger partial charge < -0.3 is 0 Å². The van der Waals surface area contributed by atoms with Crippen molar-refractivity contribution >= 4 is 11.8 Å². The quantitative estimate of drug-likeness (QED) is 0.716. The molecule has 0 bridgehead atoms. The number of benzene rings is 1. The van der Waals surface area contributed by atoms with E-state index in [9.17, 15) is 0 Å². The largest absolute Gasteiger partial charge is 0.279 e. The predicted octanol–water partition coefficient (Wildman–Crippen LogP) is 3.00. The van der Waals surface area contributed by atoms with E-state index in [2.05, 4.69) is 24.5 Å². The molecule has 2 nitrogen and oxygen atoms in total. The molecule has 0 saturated carbocycles. The molecule has 0 atom stereocenters. The molecule has 0 radical (unpaired) electrons. The number of hydrogen-bond acceptors (Lipinski definition) is 2. The van der Waals surface area contributed by atoms with Crippen LogP contribution in [-0.2, 0) is 4.84 Å². The lowest BCUT2D eigenvalue weighted by Crippen LogP contribution is -1.98. The second kappa shape index (κ2) is 4.67. The minimum Gasteiger partial charge on any atom is -0.279 e. The lowest BCUT2D eigenvalue weighted by molar-refractivity contribution is 0.271. The summed E-state index contributed by atoms with van der Waals surface area (Å²) in [6, 6.07) is 6.08. The molecule has 0 unspecified atom stereocenters. The van der Waals surface area contributed by atoms with E-state index in [0.29, 0.717) is 0 Å². The molecule has 1 rings (SSSR count). The van der Waals surface area contributed by atoms with Gasteiger partial charge in [-0.25, -0.2) is 0 Å². The highest BCUT2D eigenvalue weighted by atomic mass is 16.6. The van der Waals surface area contributed by atoms with Crippen molar-refractivity contribution in [1.82, 2.24) is 0 Å². The van der Waals surface area contributed by atoms with Gasteiger partial charge in [-0.2, -0.15) is 0 Å². The highest BCUT2D eigenvalue weighted by molar-refractivity contribution is 5.68. The van der Waals surface area contributed by atoms with Crippen molar-refractivity contribution in [3.8, 4) is 0 Å². The maximum atomic E-state index is 4.89. The maximum Gasteiger partial charge on any atom is 0.0679 e. The summed E-state index contributed by atoms with van der Waals surface area (Å²) >= 11 is 0. The number of allylic oxidation sites excluding steroid dienone is 1. The number of hydrogen-bond donors (Lipinski definition) is 1. The molecular weight excluding hydrogens is 162 g/mol. The molecule has 0 heterocycles. The topological polar surface area (TPSA) is 21.3 Å². The zero-order chi connectivity index (χ0) is 9.68. The standard InChI is InChI=1S/C11H15NO/c1-4-6-10-9(2)7-5-8-11(10)12-13-3/h4-8,12H,1-3H3/b6-4-. The molecule has 0 aromatic heterocycles. The first kappa shape index (κ1) is 9.81. The van der Waals surface area contributed by atoms with E-state index < -0.39 is 0 Å². The lowest BCUT2D eigenvalue weighted by atomic mass is 10.1. The van der Waals surface area contributed by atoms with Gasteiger partial charge in [0.1, 0.15) is 0 Å². The highest BCUT2D eigenvalue weighted by Crippen LogP contribution is 2.20. The Labute approximate surface area is 79.2 Å². The summed E-state index contributed by atoms with van der Waals surface area (Å²) in [4.78, 5) is 4.89. The minimum absolute atomic E-state index is 1.00. The van der Waals surface area contributed by atoms with Crippen molar-refractivity contribution in [1.29, 1.82) is 0 Å². The van der Waals surface area contributed by atoms with Crippen LogP contribution in [0.3, 0.4) is 0 Å². The molecule has 0 fully saturated rings. The van der Waals surface area contributed by atoms with Crippen LogP contribution >= 0.6 is 0 Å². The molecule has 2 heteroatoms.